The molecule has 2 heterocycles. The van der Waals surface area contributed by atoms with Gasteiger partial charge in [0.15, 0.2) is 0 Å². The number of carbonyl (C=O) groups excluding carboxylic acids is 1. The fourth-order valence-electron chi connectivity index (χ4n) is 7.41. The van der Waals surface area contributed by atoms with Gasteiger partial charge in [0.2, 0.25) is 5.91 Å². The molecule has 10 heteroatoms. The number of aliphatic hydroxyl groups is 2. The molecule has 2 saturated heterocycles. The predicted molar refractivity (Wildman–Crippen MR) is 208 cm³/mol. The molecule has 3 aromatic carbocycles. The number of methoxy groups -OCH3 is 2. The minimum Gasteiger partial charge on any atom is -0.457 e. The van der Waals surface area contributed by atoms with Gasteiger partial charge in [0, 0.05) is 62.9 Å². The van der Waals surface area contributed by atoms with Gasteiger partial charge in [-0.3, -0.25) is 4.79 Å². The number of hydrogen-bond donors (Lipinski definition) is 5. The minimum absolute atomic E-state index is 0.131. The van der Waals surface area contributed by atoms with E-state index in [9.17, 15) is 15.0 Å². The Labute approximate surface area is 315 Å². The van der Waals surface area contributed by atoms with Crippen LogP contribution in [0.25, 0.3) is 0 Å². The van der Waals surface area contributed by atoms with Crippen molar-refractivity contribution in [2.24, 2.45) is 11.8 Å². The fourth-order valence-corrected chi connectivity index (χ4v) is 7.60. The molecule has 0 unspecified atom stereocenters. The van der Waals surface area contributed by atoms with Crippen molar-refractivity contribution < 1.29 is 29.2 Å². The number of nitrogens with one attached hydrogen (secondary N) is 3. The smallest absolute Gasteiger partial charge is 0.248 e. The Morgan fingerprint density at radius 2 is 1.52 bits per heavy atom. The van der Waals surface area contributed by atoms with E-state index in [1.165, 1.54) is 7.11 Å². The number of halogens is 1. The van der Waals surface area contributed by atoms with Gasteiger partial charge in [-0.05, 0) is 114 Å². The predicted octanol–water partition coefficient (Wildman–Crippen LogP) is 6.94. The lowest BCUT2D eigenvalue weighted by Gasteiger charge is -2.40. The van der Waals surface area contributed by atoms with E-state index in [1.54, 1.807) is 14.0 Å². The van der Waals surface area contributed by atoms with Crippen LogP contribution in [-0.4, -0.2) is 75.8 Å². The van der Waals surface area contributed by atoms with E-state index in [0.717, 1.165) is 93.9 Å². The zero-order valence-corrected chi connectivity index (χ0v) is 32.0. The molecule has 0 bridgehead atoms. The van der Waals surface area contributed by atoms with Crippen molar-refractivity contribution in [2.75, 3.05) is 53.6 Å². The monoisotopic (exact) mass is 737 g/mol. The Balaban J connectivity index is 0.000000234. The van der Waals surface area contributed by atoms with Gasteiger partial charge in [-0.25, -0.2) is 0 Å². The van der Waals surface area contributed by atoms with Crippen molar-refractivity contribution in [3.8, 4) is 11.5 Å². The Kier molecular flexibility index (Phi) is 17.4. The van der Waals surface area contributed by atoms with Gasteiger partial charge in [0.05, 0.1) is 11.2 Å². The largest absolute Gasteiger partial charge is 0.457 e. The first-order valence-corrected chi connectivity index (χ1v) is 19.3. The van der Waals surface area contributed by atoms with Gasteiger partial charge in [-0.15, -0.1) is 0 Å². The summed E-state index contributed by atoms with van der Waals surface area (Å²) in [6.07, 6.45) is 7.50. The summed E-state index contributed by atoms with van der Waals surface area (Å²) in [5.74, 6) is 1.70. The van der Waals surface area contributed by atoms with E-state index in [2.05, 4.69) is 16.0 Å². The Morgan fingerprint density at radius 3 is 2.15 bits per heavy atom. The number of benzene rings is 3. The summed E-state index contributed by atoms with van der Waals surface area (Å²) in [5.41, 5.74) is -0.118. The summed E-state index contributed by atoms with van der Waals surface area (Å²) >= 11 is 6.15. The number of ether oxygens (including phenoxy) is 3. The van der Waals surface area contributed by atoms with Gasteiger partial charge < -0.3 is 40.4 Å². The number of unbranched alkanes of at least 4 members (excludes halogenated alkanes) is 1. The van der Waals surface area contributed by atoms with Crippen molar-refractivity contribution in [3.05, 3.63) is 95.0 Å². The molecule has 0 spiro atoms. The molecule has 5 N–H and O–H groups in total. The third-order valence-corrected chi connectivity index (χ3v) is 10.7. The van der Waals surface area contributed by atoms with Gasteiger partial charge >= 0.3 is 0 Å². The Bertz CT molecular complexity index is 1470. The van der Waals surface area contributed by atoms with Crippen LogP contribution in [0.5, 0.6) is 11.5 Å². The normalized spacial score (nSPS) is 20.3. The average molecular weight is 738 g/mol. The highest BCUT2D eigenvalue weighted by molar-refractivity contribution is 6.30. The van der Waals surface area contributed by atoms with Gasteiger partial charge in [-0.1, -0.05) is 60.1 Å². The number of para-hydroxylation sites is 2. The topological polar surface area (TPSA) is 121 Å². The first kappa shape index (κ1) is 41.7. The molecule has 52 heavy (non-hydrogen) atoms. The van der Waals surface area contributed by atoms with E-state index in [1.807, 2.05) is 78.9 Å². The molecule has 0 saturated carbocycles. The van der Waals surface area contributed by atoms with Gasteiger partial charge in [-0.2, -0.15) is 0 Å². The standard InChI is InChI=1S/C23H31NO3.C19H29ClN2O3/c1-26-17-8-7-15-23(25,19-10-9-16-24-18-19)21-13-5-6-14-22(21)27-20-11-3-2-4-12-20;1-14(25-2)18(23)22-11-5-9-19(24,16-7-4-10-21-13-16)15-6-3-8-17(20)12-15/h2-6,11-14,19,24-25H,7-10,15-18H2,1H3;3,6,8,12,14,16,21,24H,4-5,7,9-11,13H2,1-2H3,(H,22,23)/t19-,23+;14-,16+,19+/m10/s1. The van der Waals surface area contributed by atoms with Crippen LogP contribution in [0.4, 0.5) is 0 Å². The lowest BCUT2D eigenvalue weighted by Crippen LogP contribution is -2.45. The summed E-state index contributed by atoms with van der Waals surface area (Å²) < 4.78 is 16.4. The third-order valence-electron chi connectivity index (χ3n) is 10.5. The number of hydrogen-bond acceptors (Lipinski definition) is 8. The van der Waals surface area contributed by atoms with Crippen LogP contribution in [0.2, 0.25) is 5.02 Å². The van der Waals surface area contributed by atoms with Crippen molar-refractivity contribution in [1.82, 2.24) is 16.0 Å². The molecule has 0 aliphatic carbocycles. The van der Waals surface area contributed by atoms with E-state index in [-0.39, 0.29) is 17.7 Å². The van der Waals surface area contributed by atoms with Crippen LogP contribution >= 0.6 is 11.6 Å². The van der Waals surface area contributed by atoms with Crippen LogP contribution in [-0.2, 0) is 25.5 Å². The van der Waals surface area contributed by atoms with E-state index in [0.29, 0.717) is 30.8 Å². The molecule has 1 amide bonds. The minimum atomic E-state index is -0.948. The lowest BCUT2D eigenvalue weighted by atomic mass is 9.74. The quantitative estimate of drug-likeness (QED) is 0.0946. The molecule has 5 rings (SSSR count). The van der Waals surface area contributed by atoms with Crippen molar-refractivity contribution in [1.29, 1.82) is 0 Å². The summed E-state index contributed by atoms with van der Waals surface area (Å²) in [6.45, 7) is 6.59. The summed E-state index contributed by atoms with van der Waals surface area (Å²) in [6, 6.07) is 25.2. The van der Waals surface area contributed by atoms with Gasteiger partial charge in [0.25, 0.3) is 0 Å². The molecule has 9 nitrogen and oxygen atoms in total. The maximum absolute atomic E-state index is 11.9. The number of carbonyl (C=O) groups is 1. The van der Waals surface area contributed by atoms with Crippen molar-refractivity contribution in [3.63, 3.8) is 0 Å². The molecule has 2 fully saturated rings. The maximum Gasteiger partial charge on any atom is 0.248 e. The van der Waals surface area contributed by atoms with Crippen molar-refractivity contribution >= 4 is 17.5 Å². The first-order chi connectivity index (χ1) is 25.2. The highest BCUT2D eigenvalue weighted by atomic mass is 35.5. The summed E-state index contributed by atoms with van der Waals surface area (Å²) in [5, 5.41) is 33.7. The highest BCUT2D eigenvalue weighted by Crippen LogP contribution is 2.43. The molecule has 0 aromatic heterocycles. The van der Waals surface area contributed by atoms with Gasteiger partial charge in [0.1, 0.15) is 17.6 Å². The fraction of sp³-hybridized carbons (Fsp3) is 0.548. The molecule has 2 aliphatic rings. The molecule has 2 aliphatic heterocycles. The number of piperidine rings is 2. The number of amides is 1. The second-order valence-corrected chi connectivity index (χ2v) is 14.5. The van der Waals surface area contributed by atoms with Crippen LogP contribution in [0.3, 0.4) is 0 Å². The Morgan fingerprint density at radius 1 is 0.865 bits per heavy atom. The molecular weight excluding hydrogens is 678 g/mol. The summed E-state index contributed by atoms with van der Waals surface area (Å²) in [7, 11) is 3.23. The first-order valence-electron chi connectivity index (χ1n) is 19.0. The molecule has 3 aromatic rings. The second-order valence-electron chi connectivity index (χ2n) is 14.1. The van der Waals surface area contributed by atoms with Crippen LogP contribution in [0.1, 0.15) is 75.8 Å². The summed E-state index contributed by atoms with van der Waals surface area (Å²) in [4.78, 5) is 11.8. The van der Waals surface area contributed by atoms with E-state index < -0.39 is 17.3 Å². The third kappa shape index (κ3) is 12.0. The Hall–Kier alpha value is -3.02. The van der Waals surface area contributed by atoms with E-state index in [4.69, 9.17) is 25.8 Å². The lowest BCUT2D eigenvalue weighted by molar-refractivity contribution is -0.130. The molecule has 286 valence electrons. The van der Waals surface area contributed by atoms with Crippen LogP contribution in [0, 0.1) is 11.8 Å². The van der Waals surface area contributed by atoms with Crippen LogP contribution < -0.4 is 20.7 Å². The highest BCUT2D eigenvalue weighted by Gasteiger charge is 2.41. The second kappa shape index (κ2) is 21.6. The molecule has 0 radical (unpaired) electrons. The zero-order chi connectivity index (χ0) is 37.2. The number of rotatable bonds is 17. The average Bonchev–Trinajstić information content (AvgIpc) is 3.19. The zero-order valence-electron chi connectivity index (χ0n) is 31.2. The van der Waals surface area contributed by atoms with Crippen molar-refractivity contribution in [2.45, 2.75) is 82.0 Å². The SMILES string of the molecule is COCCCC[C@@](O)(c1ccccc1Oc1ccccc1)[C@@H]1CCCNC1.CO[C@@H](C)C(=O)NCCC[C@@](O)(c1cccc(Cl)c1)[C@@H]1CCCNC1. The molecular formula is C42H60ClN3O6. The van der Waals surface area contributed by atoms with Crippen LogP contribution in [0.15, 0.2) is 78.9 Å². The molecule has 5 atom stereocenters. The van der Waals surface area contributed by atoms with E-state index >= 15 is 0 Å². The maximum atomic E-state index is 11.9.